The minimum Gasteiger partial charge on any atom is -0.309 e. The van der Waals surface area contributed by atoms with Crippen molar-refractivity contribution in [1.29, 1.82) is 0 Å². The van der Waals surface area contributed by atoms with Crippen molar-refractivity contribution in [1.82, 2.24) is 20.1 Å². The van der Waals surface area contributed by atoms with Crippen molar-refractivity contribution >= 4 is 0 Å². The number of rotatable bonds is 4. The van der Waals surface area contributed by atoms with Gasteiger partial charge in [0.2, 0.25) is 0 Å². The molecule has 2 aromatic heterocycles. The normalized spacial score (nSPS) is 11.1. The topological polar surface area (TPSA) is 42.7 Å². The zero-order chi connectivity index (χ0) is 12.3. The molecule has 0 saturated carbocycles. The van der Waals surface area contributed by atoms with E-state index in [1.807, 2.05) is 36.1 Å². The van der Waals surface area contributed by atoms with E-state index in [4.69, 9.17) is 0 Å². The largest absolute Gasteiger partial charge is 0.309 e. The van der Waals surface area contributed by atoms with Crippen molar-refractivity contribution in [2.75, 3.05) is 0 Å². The standard InChI is InChI=1S/C13H18N4/c1-10(2)15-9-12-8-13(4-6-14-12)17-7-5-11(3)16-17/h4-8,10,15H,9H2,1-3H3. The quantitative estimate of drug-likeness (QED) is 0.874. The van der Waals surface area contributed by atoms with Gasteiger partial charge in [-0.25, -0.2) is 4.68 Å². The molecular weight excluding hydrogens is 212 g/mol. The Morgan fingerprint density at radius 3 is 2.82 bits per heavy atom. The molecule has 0 bridgehead atoms. The summed E-state index contributed by atoms with van der Waals surface area (Å²) in [4.78, 5) is 4.34. The van der Waals surface area contributed by atoms with Gasteiger partial charge in [-0.3, -0.25) is 4.98 Å². The summed E-state index contributed by atoms with van der Waals surface area (Å²) >= 11 is 0. The Morgan fingerprint density at radius 2 is 2.18 bits per heavy atom. The van der Waals surface area contributed by atoms with Crippen LogP contribution in [0.5, 0.6) is 0 Å². The van der Waals surface area contributed by atoms with E-state index in [2.05, 4.69) is 35.3 Å². The molecule has 4 heteroatoms. The molecular formula is C13H18N4. The number of nitrogens with one attached hydrogen (secondary N) is 1. The molecule has 0 unspecified atom stereocenters. The summed E-state index contributed by atoms with van der Waals surface area (Å²) in [5.41, 5.74) is 3.10. The number of aromatic nitrogens is 3. The second-order valence-corrected chi connectivity index (χ2v) is 4.44. The average Bonchev–Trinajstić information content (AvgIpc) is 2.74. The van der Waals surface area contributed by atoms with Gasteiger partial charge in [0.05, 0.1) is 17.1 Å². The Bertz CT molecular complexity index is 488. The fourth-order valence-electron chi connectivity index (χ4n) is 1.57. The lowest BCUT2D eigenvalue weighted by molar-refractivity contribution is 0.581. The van der Waals surface area contributed by atoms with Gasteiger partial charge in [-0.2, -0.15) is 5.10 Å². The molecule has 2 aromatic rings. The molecule has 0 aliphatic rings. The van der Waals surface area contributed by atoms with E-state index in [0.717, 1.165) is 23.6 Å². The van der Waals surface area contributed by atoms with Crippen LogP contribution in [0.4, 0.5) is 0 Å². The molecule has 0 aromatic carbocycles. The zero-order valence-electron chi connectivity index (χ0n) is 10.5. The fourth-order valence-corrected chi connectivity index (χ4v) is 1.57. The van der Waals surface area contributed by atoms with Gasteiger partial charge < -0.3 is 5.32 Å². The zero-order valence-corrected chi connectivity index (χ0v) is 10.5. The third-order valence-electron chi connectivity index (χ3n) is 2.48. The van der Waals surface area contributed by atoms with Crippen LogP contribution in [-0.2, 0) is 6.54 Å². The molecule has 2 rings (SSSR count). The monoisotopic (exact) mass is 230 g/mol. The summed E-state index contributed by atoms with van der Waals surface area (Å²) in [6, 6.07) is 6.48. The van der Waals surface area contributed by atoms with Gasteiger partial charge >= 0.3 is 0 Å². The van der Waals surface area contributed by atoms with E-state index < -0.39 is 0 Å². The first-order valence-corrected chi connectivity index (χ1v) is 5.86. The van der Waals surface area contributed by atoms with Crippen molar-refractivity contribution in [3.63, 3.8) is 0 Å². The highest BCUT2D eigenvalue weighted by molar-refractivity contribution is 5.31. The van der Waals surface area contributed by atoms with Gasteiger partial charge in [-0.15, -0.1) is 0 Å². The molecule has 0 amide bonds. The first-order valence-electron chi connectivity index (χ1n) is 5.86. The minimum absolute atomic E-state index is 0.465. The maximum absolute atomic E-state index is 4.39. The average molecular weight is 230 g/mol. The van der Waals surface area contributed by atoms with E-state index in [-0.39, 0.29) is 0 Å². The Hall–Kier alpha value is -1.68. The second-order valence-electron chi connectivity index (χ2n) is 4.44. The Morgan fingerprint density at radius 1 is 1.35 bits per heavy atom. The van der Waals surface area contributed by atoms with Crippen molar-refractivity contribution < 1.29 is 0 Å². The maximum atomic E-state index is 4.39. The van der Waals surface area contributed by atoms with E-state index in [0.29, 0.717) is 6.04 Å². The first-order chi connectivity index (χ1) is 8.15. The number of hydrogen-bond acceptors (Lipinski definition) is 3. The van der Waals surface area contributed by atoms with Crippen LogP contribution >= 0.6 is 0 Å². The third kappa shape index (κ3) is 3.14. The number of nitrogens with zero attached hydrogens (tertiary/aromatic N) is 3. The van der Waals surface area contributed by atoms with Crippen LogP contribution in [0, 0.1) is 6.92 Å². The lowest BCUT2D eigenvalue weighted by atomic mass is 10.3. The molecule has 0 fully saturated rings. The Balaban J connectivity index is 2.16. The lowest BCUT2D eigenvalue weighted by Gasteiger charge is -2.08. The van der Waals surface area contributed by atoms with E-state index in [1.54, 1.807) is 0 Å². The summed E-state index contributed by atoms with van der Waals surface area (Å²) in [6.45, 7) is 7.02. The SMILES string of the molecule is Cc1ccn(-c2ccnc(CNC(C)C)c2)n1. The van der Waals surface area contributed by atoms with Gasteiger partial charge in [0.15, 0.2) is 0 Å². The van der Waals surface area contributed by atoms with E-state index in [9.17, 15) is 0 Å². The van der Waals surface area contributed by atoms with Crippen LogP contribution < -0.4 is 5.32 Å². The van der Waals surface area contributed by atoms with E-state index in [1.165, 1.54) is 0 Å². The number of pyridine rings is 1. The molecule has 90 valence electrons. The van der Waals surface area contributed by atoms with Gasteiger partial charge in [0, 0.05) is 25.0 Å². The van der Waals surface area contributed by atoms with Gasteiger partial charge in [0.25, 0.3) is 0 Å². The van der Waals surface area contributed by atoms with Crippen LogP contribution in [0.15, 0.2) is 30.6 Å². The molecule has 0 radical (unpaired) electrons. The predicted molar refractivity (Wildman–Crippen MR) is 68.1 cm³/mol. The smallest absolute Gasteiger partial charge is 0.0679 e. The van der Waals surface area contributed by atoms with Gasteiger partial charge in [-0.1, -0.05) is 13.8 Å². The van der Waals surface area contributed by atoms with Crippen molar-refractivity contribution in [3.8, 4) is 5.69 Å². The summed E-state index contributed by atoms with van der Waals surface area (Å²) in [7, 11) is 0. The predicted octanol–water partition coefficient (Wildman–Crippen LogP) is 2.07. The van der Waals surface area contributed by atoms with Crippen LogP contribution in [0.3, 0.4) is 0 Å². The maximum Gasteiger partial charge on any atom is 0.0679 e. The molecule has 0 aliphatic heterocycles. The highest BCUT2D eigenvalue weighted by Crippen LogP contribution is 2.08. The molecule has 17 heavy (non-hydrogen) atoms. The molecule has 0 aliphatic carbocycles. The van der Waals surface area contributed by atoms with Gasteiger partial charge in [0.1, 0.15) is 0 Å². The molecule has 2 heterocycles. The number of hydrogen-bond donors (Lipinski definition) is 1. The van der Waals surface area contributed by atoms with E-state index >= 15 is 0 Å². The summed E-state index contributed by atoms with van der Waals surface area (Å²) in [5.74, 6) is 0. The highest BCUT2D eigenvalue weighted by Gasteiger charge is 2.01. The fraction of sp³-hybridized carbons (Fsp3) is 0.385. The molecule has 1 N–H and O–H groups in total. The third-order valence-corrected chi connectivity index (χ3v) is 2.48. The number of aryl methyl sites for hydroxylation is 1. The first kappa shape index (κ1) is 11.8. The minimum atomic E-state index is 0.465. The van der Waals surface area contributed by atoms with Crippen molar-refractivity contribution in [2.24, 2.45) is 0 Å². The van der Waals surface area contributed by atoms with Crippen LogP contribution in [0.25, 0.3) is 5.69 Å². The molecule has 0 atom stereocenters. The summed E-state index contributed by atoms with van der Waals surface area (Å²) in [5, 5.41) is 7.74. The summed E-state index contributed by atoms with van der Waals surface area (Å²) in [6.07, 6.45) is 3.79. The molecule has 0 spiro atoms. The van der Waals surface area contributed by atoms with Gasteiger partial charge in [-0.05, 0) is 25.1 Å². The Labute approximate surface area is 102 Å². The molecule has 4 nitrogen and oxygen atoms in total. The van der Waals surface area contributed by atoms with Crippen molar-refractivity contribution in [2.45, 2.75) is 33.4 Å². The Kier molecular flexibility index (Phi) is 3.54. The van der Waals surface area contributed by atoms with Crippen LogP contribution in [0.1, 0.15) is 25.2 Å². The van der Waals surface area contributed by atoms with Crippen molar-refractivity contribution in [3.05, 3.63) is 42.0 Å². The second kappa shape index (κ2) is 5.10. The molecule has 0 saturated heterocycles. The van der Waals surface area contributed by atoms with Crippen LogP contribution in [0.2, 0.25) is 0 Å². The highest BCUT2D eigenvalue weighted by atomic mass is 15.3. The lowest BCUT2D eigenvalue weighted by Crippen LogP contribution is -2.22. The van der Waals surface area contributed by atoms with Crippen LogP contribution in [-0.4, -0.2) is 20.8 Å². The summed E-state index contributed by atoms with van der Waals surface area (Å²) < 4.78 is 1.87.